The molecular formula is C10H8N2O2. The van der Waals surface area contributed by atoms with Gasteiger partial charge in [0, 0.05) is 17.8 Å². The molecule has 0 atom stereocenters. The van der Waals surface area contributed by atoms with Gasteiger partial charge < -0.3 is 9.97 Å². The summed E-state index contributed by atoms with van der Waals surface area (Å²) in [5, 5.41) is 1.13. The summed E-state index contributed by atoms with van der Waals surface area (Å²) in [6.45, 7) is 0. The largest absolute Gasteiger partial charge is 0.328 e. The number of hydrogen-bond acceptors (Lipinski definition) is 2. The summed E-state index contributed by atoms with van der Waals surface area (Å²) in [5.74, 6) is 0. The third-order valence-corrected chi connectivity index (χ3v) is 2.77. The number of rotatable bonds is 0. The molecule has 4 heteroatoms. The lowest BCUT2D eigenvalue weighted by molar-refractivity contribution is 1.01. The number of H-pyrrole nitrogens is 2. The Kier molecular flexibility index (Phi) is 1.27. The molecule has 0 fully saturated rings. The minimum atomic E-state index is -0.297. The van der Waals surface area contributed by atoms with Crippen molar-refractivity contribution in [1.82, 2.24) is 9.97 Å². The van der Waals surface area contributed by atoms with E-state index in [1.807, 2.05) is 0 Å². The Labute approximate surface area is 78.6 Å². The third-order valence-electron chi connectivity index (χ3n) is 2.77. The van der Waals surface area contributed by atoms with E-state index in [9.17, 15) is 9.59 Å². The quantitative estimate of drug-likeness (QED) is 0.625. The van der Waals surface area contributed by atoms with Crippen LogP contribution >= 0.6 is 0 Å². The molecule has 0 radical (unpaired) electrons. The second kappa shape index (κ2) is 2.35. The van der Waals surface area contributed by atoms with Gasteiger partial charge in [-0.05, 0) is 24.0 Å². The molecule has 0 unspecified atom stereocenters. The number of aryl methyl sites for hydroxylation is 2. The molecule has 0 amide bonds. The van der Waals surface area contributed by atoms with Crippen LogP contribution in [0.1, 0.15) is 11.1 Å². The van der Waals surface area contributed by atoms with E-state index in [1.54, 1.807) is 12.4 Å². The van der Waals surface area contributed by atoms with E-state index in [0.29, 0.717) is 0 Å². The van der Waals surface area contributed by atoms with E-state index in [2.05, 4.69) is 9.97 Å². The summed E-state index contributed by atoms with van der Waals surface area (Å²) in [6, 6.07) is 0. The second-order valence-corrected chi connectivity index (χ2v) is 3.54. The fourth-order valence-corrected chi connectivity index (χ4v) is 2.12. The highest BCUT2D eigenvalue weighted by Crippen LogP contribution is 2.25. The van der Waals surface area contributed by atoms with Gasteiger partial charge in [-0.25, -0.2) is 0 Å². The fourth-order valence-electron chi connectivity index (χ4n) is 2.12. The van der Waals surface area contributed by atoms with Gasteiger partial charge in [-0.1, -0.05) is 0 Å². The average Bonchev–Trinajstić information content (AvgIpc) is 2.58. The first-order valence-corrected chi connectivity index (χ1v) is 4.52. The molecule has 0 saturated heterocycles. The minimum absolute atomic E-state index is 0.275. The zero-order valence-electron chi connectivity index (χ0n) is 7.39. The lowest BCUT2D eigenvalue weighted by Gasteiger charge is -1.98. The first-order chi connectivity index (χ1) is 6.77. The Hall–Kier alpha value is -1.84. The van der Waals surface area contributed by atoms with Crippen LogP contribution in [0.15, 0.2) is 22.0 Å². The monoisotopic (exact) mass is 188 g/mol. The van der Waals surface area contributed by atoms with Gasteiger partial charge in [0.15, 0.2) is 0 Å². The number of pyridine rings is 2. The highest BCUT2D eigenvalue weighted by molar-refractivity contribution is 5.88. The highest BCUT2D eigenvalue weighted by Gasteiger charge is 2.17. The average molecular weight is 188 g/mol. The number of nitrogens with one attached hydrogen (secondary N) is 2. The van der Waals surface area contributed by atoms with Crippen molar-refractivity contribution in [2.24, 2.45) is 0 Å². The maximum atomic E-state index is 11.5. The molecular weight excluding hydrogens is 180 g/mol. The van der Waals surface area contributed by atoms with Crippen LogP contribution < -0.4 is 11.1 Å². The molecule has 1 aliphatic rings. The van der Waals surface area contributed by atoms with Crippen molar-refractivity contribution in [2.45, 2.75) is 12.8 Å². The van der Waals surface area contributed by atoms with Crippen LogP contribution in [-0.2, 0) is 12.8 Å². The molecule has 0 aromatic carbocycles. The van der Waals surface area contributed by atoms with Crippen LogP contribution in [0.2, 0.25) is 0 Å². The second-order valence-electron chi connectivity index (χ2n) is 3.54. The Morgan fingerprint density at radius 3 is 1.86 bits per heavy atom. The topological polar surface area (TPSA) is 65.7 Å². The summed E-state index contributed by atoms with van der Waals surface area (Å²) in [6.07, 6.45) is 5.22. The first-order valence-electron chi connectivity index (χ1n) is 4.52. The lowest BCUT2D eigenvalue weighted by atomic mass is 10.1. The van der Waals surface area contributed by atoms with Crippen LogP contribution in [-0.4, -0.2) is 9.97 Å². The van der Waals surface area contributed by atoms with Crippen LogP contribution in [0.4, 0.5) is 0 Å². The van der Waals surface area contributed by atoms with E-state index in [4.69, 9.17) is 0 Å². The van der Waals surface area contributed by atoms with Gasteiger partial charge in [0.05, 0.1) is 0 Å². The Balaban J connectivity index is 2.74. The molecule has 0 saturated carbocycles. The van der Waals surface area contributed by atoms with Crippen LogP contribution in [0.5, 0.6) is 0 Å². The Morgan fingerprint density at radius 2 is 1.36 bits per heavy atom. The van der Waals surface area contributed by atoms with Crippen LogP contribution in [0, 0.1) is 0 Å². The summed E-state index contributed by atoms with van der Waals surface area (Å²) in [7, 11) is 0. The van der Waals surface area contributed by atoms with Crippen molar-refractivity contribution in [3.05, 3.63) is 44.2 Å². The molecule has 14 heavy (non-hydrogen) atoms. The summed E-state index contributed by atoms with van der Waals surface area (Å²) < 4.78 is 0. The van der Waals surface area contributed by atoms with Gasteiger partial charge in [0.1, 0.15) is 5.39 Å². The van der Waals surface area contributed by atoms with E-state index in [0.717, 1.165) is 29.4 Å². The van der Waals surface area contributed by atoms with Gasteiger partial charge in [0.25, 0.3) is 11.1 Å². The van der Waals surface area contributed by atoms with Crippen molar-refractivity contribution in [1.29, 1.82) is 0 Å². The molecule has 2 heterocycles. The minimum Gasteiger partial charge on any atom is -0.328 e. The number of aromatic nitrogens is 2. The van der Waals surface area contributed by atoms with Crippen molar-refractivity contribution >= 4 is 10.8 Å². The molecule has 0 aliphatic heterocycles. The molecule has 2 aromatic heterocycles. The van der Waals surface area contributed by atoms with E-state index >= 15 is 0 Å². The summed E-state index contributed by atoms with van der Waals surface area (Å²) in [4.78, 5) is 28.1. The van der Waals surface area contributed by atoms with Gasteiger partial charge in [-0.3, -0.25) is 9.59 Å². The van der Waals surface area contributed by atoms with Gasteiger partial charge in [-0.2, -0.15) is 0 Å². The van der Waals surface area contributed by atoms with Crippen molar-refractivity contribution in [2.75, 3.05) is 0 Å². The number of aromatic amines is 2. The molecule has 1 aliphatic carbocycles. The van der Waals surface area contributed by atoms with Crippen LogP contribution in [0.25, 0.3) is 10.8 Å². The fraction of sp³-hybridized carbons (Fsp3) is 0.200. The van der Waals surface area contributed by atoms with Crippen molar-refractivity contribution in [3.63, 3.8) is 0 Å². The Morgan fingerprint density at radius 1 is 0.857 bits per heavy atom. The maximum Gasteiger partial charge on any atom is 0.261 e. The molecule has 0 bridgehead atoms. The molecule has 2 N–H and O–H groups in total. The molecule has 4 nitrogen and oxygen atoms in total. The SMILES string of the molecule is O=c1[nH]cc2c3c(c[nH]c(=O)c13)CC2. The summed E-state index contributed by atoms with van der Waals surface area (Å²) >= 11 is 0. The smallest absolute Gasteiger partial charge is 0.261 e. The van der Waals surface area contributed by atoms with E-state index in [-0.39, 0.29) is 16.5 Å². The van der Waals surface area contributed by atoms with Crippen LogP contribution in [0.3, 0.4) is 0 Å². The van der Waals surface area contributed by atoms with E-state index < -0.39 is 0 Å². The first kappa shape index (κ1) is 7.55. The predicted octanol–water partition coefficient (Wildman–Crippen LogP) is 0.315. The van der Waals surface area contributed by atoms with Crippen molar-refractivity contribution in [3.8, 4) is 0 Å². The van der Waals surface area contributed by atoms with Gasteiger partial charge in [-0.15, -0.1) is 0 Å². The highest BCUT2D eigenvalue weighted by atomic mass is 16.1. The molecule has 2 aromatic rings. The normalized spacial score (nSPS) is 13.7. The summed E-state index contributed by atoms with van der Waals surface area (Å²) in [5.41, 5.74) is 1.55. The van der Waals surface area contributed by atoms with Gasteiger partial charge >= 0.3 is 0 Å². The molecule has 70 valence electrons. The molecule has 0 spiro atoms. The van der Waals surface area contributed by atoms with E-state index in [1.165, 1.54) is 0 Å². The van der Waals surface area contributed by atoms with Gasteiger partial charge in [0.2, 0.25) is 0 Å². The third kappa shape index (κ3) is 0.775. The zero-order valence-corrected chi connectivity index (χ0v) is 7.39. The standard InChI is InChI=1S/C10H8N2O2/c13-9-8-7-5(3-11-9)1-2-6(7)4-12-10(8)14/h3-4H,1-2H2,(H,11,13)(H,12,14). The maximum absolute atomic E-state index is 11.5. The molecule has 3 rings (SSSR count). The Bertz CT molecular complexity index is 584. The number of hydrogen-bond donors (Lipinski definition) is 2. The predicted molar refractivity (Wildman–Crippen MR) is 52.6 cm³/mol. The lowest BCUT2D eigenvalue weighted by Crippen LogP contribution is -2.18. The zero-order chi connectivity index (χ0) is 9.71. The van der Waals surface area contributed by atoms with Crippen molar-refractivity contribution < 1.29 is 0 Å².